The largest absolute Gasteiger partial charge is 0.431 e. The zero-order valence-electron chi connectivity index (χ0n) is 9.54. The molecule has 0 fully saturated rings. The topological polar surface area (TPSA) is 64.9 Å². The third-order valence-electron chi connectivity index (χ3n) is 2.51. The van der Waals surface area contributed by atoms with Gasteiger partial charge in [-0.15, -0.1) is 0 Å². The molecule has 0 radical (unpaired) electrons. The standard InChI is InChI=1S/C13H11N3OS/c14-8-10-12(6-3-7-15-10)18-13-16-9-4-1-2-5-11(9)17-13/h1-7H,8,14H2. The molecule has 4 nitrogen and oxygen atoms in total. The molecule has 2 heterocycles. The maximum atomic E-state index is 5.65. The number of para-hydroxylation sites is 2. The third kappa shape index (κ3) is 2.10. The van der Waals surface area contributed by atoms with Gasteiger partial charge in [0.25, 0.3) is 5.22 Å². The molecule has 0 aliphatic heterocycles. The smallest absolute Gasteiger partial charge is 0.261 e. The van der Waals surface area contributed by atoms with Crippen molar-refractivity contribution in [2.45, 2.75) is 16.7 Å². The Hall–Kier alpha value is -1.85. The van der Waals surface area contributed by atoms with Gasteiger partial charge in [-0.1, -0.05) is 12.1 Å². The molecule has 0 aliphatic rings. The monoisotopic (exact) mass is 257 g/mol. The zero-order chi connectivity index (χ0) is 12.4. The minimum Gasteiger partial charge on any atom is -0.431 e. The van der Waals surface area contributed by atoms with Crippen LogP contribution in [0.4, 0.5) is 0 Å². The molecule has 2 N–H and O–H groups in total. The van der Waals surface area contributed by atoms with E-state index in [-0.39, 0.29) is 0 Å². The van der Waals surface area contributed by atoms with Crippen LogP contribution in [0, 0.1) is 0 Å². The van der Waals surface area contributed by atoms with Crippen molar-refractivity contribution in [3.8, 4) is 0 Å². The lowest BCUT2D eigenvalue weighted by molar-refractivity contribution is 0.489. The van der Waals surface area contributed by atoms with Crippen molar-refractivity contribution in [2.75, 3.05) is 0 Å². The minimum atomic E-state index is 0.406. The van der Waals surface area contributed by atoms with Crippen LogP contribution in [-0.2, 0) is 6.54 Å². The van der Waals surface area contributed by atoms with Crippen LogP contribution in [0.3, 0.4) is 0 Å². The van der Waals surface area contributed by atoms with Crippen LogP contribution in [0.5, 0.6) is 0 Å². The normalized spacial score (nSPS) is 10.9. The lowest BCUT2D eigenvalue weighted by atomic mass is 10.3. The van der Waals surface area contributed by atoms with Crippen LogP contribution >= 0.6 is 11.8 Å². The number of pyridine rings is 1. The van der Waals surface area contributed by atoms with Crippen LogP contribution in [0.15, 0.2) is 57.1 Å². The van der Waals surface area contributed by atoms with E-state index in [4.69, 9.17) is 10.2 Å². The third-order valence-corrected chi connectivity index (χ3v) is 3.45. The van der Waals surface area contributed by atoms with Gasteiger partial charge in [-0.3, -0.25) is 4.98 Å². The van der Waals surface area contributed by atoms with E-state index in [2.05, 4.69) is 9.97 Å². The van der Waals surface area contributed by atoms with Gasteiger partial charge in [-0.2, -0.15) is 0 Å². The van der Waals surface area contributed by atoms with Crippen molar-refractivity contribution in [3.05, 3.63) is 48.3 Å². The number of rotatable bonds is 3. The SMILES string of the molecule is NCc1ncccc1Sc1nc2ccccc2o1. The molecule has 18 heavy (non-hydrogen) atoms. The fourth-order valence-corrected chi connectivity index (χ4v) is 2.52. The molecule has 3 rings (SSSR count). The maximum absolute atomic E-state index is 5.65. The van der Waals surface area contributed by atoms with Crippen molar-refractivity contribution in [2.24, 2.45) is 5.73 Å². The number of hydrogen-bond donors (Lipinski definition) is 1. The molecule has 0 atom stereocenters. The molecule has 0 bridgehead atoms. The van der Waals surface area contributed by atoms with E-state index in [1.807, 2.05) is 36.4 Å². The Kier molecular flexibility index (Phi) is 3.00. The molecule has 5 heteroatoms. The van der Waals surface area contributed by atoms with Gasteiger partial charge in [0.05, 0.1) is 5.69 Å². The number of nitrogens with two attached hydrogens (primary N) is 1. The Morgan fingerprint density at radius 2 is 2.06 bits per heavy atom. The maximum Gasteiger partial charge on any atom is 0.261 e. The van der Waals surface area contributed by atoms with Crippen LogP contribution < -0.4 is 5.73 Å². The first-order valence-corrected chi connectivity index (χ1v) is 6.36. The number of oxazole rings is 1. The van der Waals surface area contributed by atoms with E-state index in [9.17, 15) is 0 Å². The summed E-state index contributed by atoms with van der Waals surface area (Å²) in [6.07, 6.45) is 1.73. The molecular formula is C13H11N3OS. The van der Waals surface area contributed by atoms with Gasteiger partial charge in [0.1, 0.15) is 5.52 Å². The molecule has 0 unspecified atom stereocenters. The van der Waals surface area contributed by atoms with E-state index >= 15 is 0 Å². The Balaban J connectivity index is 1.96. The molecule has 2 aromatic heterocycles. The molecule has 0 spiro atoms. The Labute approximate surface area is 108 Å². The first-order valence-electron chi connectivity index (χ1n) is 5.54. The summed E-state index contributed by atoms with van der Waals surface area (Å²) in [5.74, 6) is 0. The lowest BCUT2D eigenvalue weighted by Crippen LogP contribution is -2.00. The Morgan fingerprint density at radius 1 is 1.17 bits per heavy atom. The van der Waals surface area contributed by atoms with Gasteiger partial charge in [0.2, 0.25) is 0 Å². The van der Waals surface area contributed by atoms with Crippen LogP contribution in [0.25, 0.3) is 11.1 Å². The van der Waals surface area contributed by atoms with Gasteiger partial charge >= 0.3 is 0 Å². The summed E-state index contributed by atoms with van der Waals surface area (Å²) in [6, 6.07) is 11.5. The van der Waals surface area contributed by atoms with E-state index in [1.165, 1.54) is 11.8 Å². The molecule has 1 aromatic carbocycles. The van der Waals surface area contributed by atoms with Gasteiger partial charge in [0, 0.05) is 17.6 Å². The van der Waals surface area contributed by atoms with E-state index in [0.717, 1.165) is 21.7 Å². The first kappa shape index (κ1) is 11.3. The highest BCUT2D eigenvalue weighted by atomic mass is 32.2. The Bertz CT molecular complexity index is 648. The number of aromatic nitrogens is 2. The number of fused-ring (bicyclic) bond motifs is 1. The summed E-state index contributed by atoms with van der Waals surface area (Å²) in [5, 5.41) is 0.610. The first-order chi connectivity index (χ1) is 8.86. The molecule has 90 valence electrons. The molecule has 0 saturated carbocycles. The number of benzene rings is 1. The van der Waals surface area contributed by atoms with Gasteiger partial charge in [-0.05, 0) is 36.0 Å². The summed E-state index contributed by atoms with van der Waals surface area (Å²) in [7, 11) is 0. The number of nitrogens with zero attached hydrogens (tertiary/aromatic N) is 2. The highest BCUT2D eigenvalue weighted by molar-refractivity contribution is 7.99. The highest BCUT2D eigenvalue weighted by Gasteiger charge is 2.09. The predicted molar refractivity (Wildman–Crippen MR) is 70.3 cm³/mol. The molecular weight excluding hydrogens is 246 g/mol. The van der Waals surface area contributed by atoms with Crippen molar-refractivity contribution >= 4 is 22.9 Å². The summed E-state index contributed by atoms with van der Waals surface area (Å²) in [5.41, 5.74) is 8.15. The quantitative estimate of drug-likeness (QED) is 0.781. The second-order valence-electron chi connectivity index (χ2n) is 3.70. The highest BCUT2D eigenvalue weighted by Crippen LogP contribution is 2.31. The van der Waals surface area contributed by atoms with Crippen LogP contribution in [-0.4, -0.2) is 9.97 Å². The van der Waals surface area contributed by atoms with E-state index in [1.54, 1.807) is 6.20 Å². The average Bonchev–Trinajstić information content (AvgIpc) is 2.81. The lowest BCUT2D eigenvalue weighted by Gasteiger charge is -2.02. The summed E-state index contributed by atoms with van der Waals surface area (Å²) >= 11 is 1.44. The van der Waals surface area contributed by atoms with Crippen LogP contribution in [0.1, 0.15) is 5.69 Å². The van der Waals surface area contributed by atoms with Crippen molar-refractivity contribution in [1.29, 1.82) is 0 Å². The van der Waals surface area contributed by atoms with Gasteiger partial charge in [0.15, 0.2) is 5.58 Å². The fraction of sp³-hybridized carbons (Fsp3) is 0.0769. The van der Waals surface area contributed by atoms with Crippen molar-refractivity contribution in [1.82, 2.24) is 9.97 Å². The van der Waals surface area contributed by atoms with Crippen molar-refractivity contribution < 1.29 is 4.42 Å². The molecule has 0 amide bonds. The minimum absolute atomic E-state index is 0.406. The summed E-state index contributed by atoms with van der Waals surface area (Å²) in [4.78, 5) is 9.62. The second-order valence-corrected chi connectivity index (χ2v) is 4.70. The van der Waals surface area contributed by atoms with Gasteiger partial charge in [-0.25, -0.2) is 4.98 Å². The average molecular weight is 257 g/mol. The Morgan fingerprint density at radius 3 is 2.89 bits per heavy atom. The van der Waals surface area contributed by atoms with E-state index in [0.29, 0.717) is 11.8 Å². The fourth-order valence-electron chi connectivity index (χ4n) is 1.66. The number of hydrogen-bond acceptors (Lipinski definition) is 5. The van der Waals surface area contributed by atoms with Crippen LogP contribution in [0.2, 0.25) is 0 Å². The molecule has 3 aromatic rings. The molecule has 0 aliphatic carbocycles. The summed E-state index contributed by atoms with van der Waals surface area (Å²) < 4.78 is 5.65. The zero-order valence-corrected chi connectivity index (χ0v) is 10.4. The van der Waals surface area contributed by atoms with E-state index < -0.39 is 0 Å². The predicted octanol–water partition coefficient (Wildman–Crippen LogP) is 2.83. The second kappa shape index (κ2) is 4.80. The summed E-state index contributed by atoms with van der Waals surface area (Å²) in [6.45, 7) is 0.406. The van der Waals surface area contributed by atoms with Gasteiger partial charge < -0.3 is 10.2 Å². The van der Waals surface area contributed by atoms with Crippen molar-refractivity contribution in [3.63, 3.8) is 0 Å². The molecule has 0 saturated heterocycles.